The quantitative estimate of drug-likeness (QED) is 0.942. The Morgan fingerprint density at radius 3 is 2.94 bits per heavy atom. The predicted octanol–water partition coefficient (Wildman–Crippen LogP) is 3.46. The third-order valence-corrected chi connectivity index (χ3v) is 4.08. The third kappa shape index (κ3) is 2.90. The summed E-state index contributed by atoms with van der Waals surface area (Å²) in [5.41, 5.74) is 8.30. The molecule has 2 aromatic heterocycles. The third-order valence-electron chi connectivity index (χ3n) is 2.36. The number of halogens is 1. The van der Waals surface area contributed by atoms with Gasteiger partial charge in [-0.1, -0.05) is 0 Å². The fourth-order valence-electron chi connectivity index (χ4n) is 1.54. The summed E-state index contributed by atoms with van der Waals surface area (Å²) in [7, 11) is 0. The molecule has 0 amide bonds. The first kappa shape index (κ1) is 11.8. The van der Waals surface area contributed by atoms with Crippen molar-refractivity contribution in [3.63, 3.8) is 0 Å². The Kier molecular flexibility index (Phi) is 3.74. The highest BCUT2D eigenvalue weighted by atomic mass is 79.9. The Morgan fingerprint density at radius 1 is 1.50 bits per heavy atom. The molecule has 1 atom stereocenters. The first-order valence-corrected chi connectivity index (χ1v) is 6.73. The molecule has 0 bridgehead atoms. The largest absolute Gasteiger partial charge is 0.322 e. The molecule has 0 fully saturated rings. The predicted molar refractivity (Wildman–Crippen MR) is 71.6 cm³/mol. The van der Waals surface area contributed by atoms with Gasteiger partial charge in [0.25, 0.3) is 0 Å². The summed E-state index contributed by atoms with van der Waals surface area (Å²) in [6, 6.07) is 6.12. The second-order valence-electron chi connectivity index (χ2n) is 3.80. The van der Waals surface area contributed by atoms with Crippen molar-refractivity contribution in [1.82, 2.24) is 4.98 Å². The first-order valence-electron chi connectivity index (χ1n) is 5.06. The molecule has 16 heavy (non-hydrogen) atoms. The van der Waals surface area contributed by atoms with Crippen LogP contribution in [-0.2, 0) is 6.42 Å². The van der Waals surface area contributed by atoms with Crippen LogP contribution in [0.1, 0.15) is 22.2 Å². The average molecular weight is 297 g/mol. The van der Waals surface area contributed by atoms with Gasteiger partial charge in [0.2, 0.25) is 0 Å². The Hall–Kier alpha value is -0.710. The van der Waals surface area contributed by atoms with Gasteiger partial charge in [-0.3, -0.25) is 4.98 Å². The van der Waals surface area contributed by atoms with E-state index in [9.17, 15) is 0 Å². The summed E-state index contributed by atoms with van der Waals surface area (Å²) >= 11 is 5.17. The lowest BCUT2D eigenvalue weighted by atomic mass is 10.1. The van der Waals surface area contributed by atoms with Crippen LogP contribution in [0.2, 0.25) is 0 Å². The highest BCUT2D eigenvalue weighted by Gasteiger charge is 2.09. The maximum absolute atomic E-state index is 6.13. The molecule has 1 unspecified atom stereocenters. The molecule has 0 spiro atoms. The Labute approximate surface area is 108 Å². The summed E-state index contributed by atoms with van der Waals surface area (Å²) in [5, 5.41) is 2.08. The van der Waals surface area contributed by atoms with Crippen molar-refractivity contribution >= 4 is 27.3 Å². The maximum atomic E-state index is 6.13. The van der Waals surface area contributed by atoms with Crippen LogP contribution in [0.15, 0.2) is 34.2 Å². The van der Waals surface area contributed by atoms with E-state index < -0.39 is 0 Å². The van der Waals surface area contributed by atoms with Gasteiger partial charge in [0.1, 0.15) is 0 Å². The van der Waals surface area contributed by atoms with E-state index in [0.717, 1.165) is 16.6 Å². The molecule has 2 aromatic rings. The van der Waals surface area contributed by atoms with Crippen LogP contribution in [0.3, 0.4) is 0 Å². The SMILES string of the molecule is Cc1ccnc(C(N)Cc2cc(Br)cs2)c1. The van der Waals surface area contributed by atoms with Crippen LogP contribution in [0.4, 0.5) is 0 Å². The van der Waals surface area contributed by atoms with E-state index in [1.165, 1.54) is 10.4 Å². The van der Waals surface area contributed by atoms with Crippen molar-refractivity contribution in [3.8, 4) is 0 Å². The zero-order valence-corrected chi connectivity index (χ0v) is 11.4. The number of nitrogens with two attached hydrogens (primary N) is 1. The Balaban J connectivity index is 2.11. The highest BCUT2D eigenvalue weighted by Crippen LogP contribution is 2.24. The minimum Gasteiger partial charge on any atom is -0.322 e. The summed E-state index contributed by atoms with van der Waals surface area (Å²) < 4.78 is 1.12. The van der Waals surface area contributed by atoms with Gasteiger partial charge in [-0.15, -0.1) is 11.3 Å². The number of thiophene rings is 1. The molecule has 0 aliphatic heterocycles. The van der Waals surface area contributed by atoms with Crippen LogP contribution in [0, 0.1) is 6.92 Å². The molecule has 0 radical (unpaired) electrons. The van der Waals surface area contributed by atoms with Crippen LogP contribution in [0.25, 0.3) is 0 Å². The fraction of sp³-hybridized carbons (Fsp3) is 0.250. The van der Waals surface area contributed by atoms with Gasteiger partial charge in [-0.05, 0) is 46.6 Å². The lowest BCUT2D eigenvalue weighted by molar-refractivity contribution is 0.702. The second-order valence-corrected chi connectivity index (χ2v) is 5.71. The fourth-order valence-corrected chi connectivity index (χ4v) is 3.06. The van der Waals surface area contributed by atoms with Crippen molar-refractivity contribution in [1.29, 1.82) is 0 Å². The van der Waals surface area contributed by atoms with Gasteiger partial charge in [0.05, 0.1) is 11.7 Å². The molecular formula is C12H13BrN2S. The molecule has 4 heteroatoms. The number of aryl methyl sites for hydroxylation is 1. The molecule has 2 rings (SSSR count). The Morgan fingerprint density at radius 2 is 2.31 bits per heavy atom. The van der Waals surface area contributed by atoms with E-state index in [0.29, 0.717) is 0 Å². The summed E-state index contributed by atoms with van der Waals surface area (Å²) in [5.74, 6) is 0. The van der Waals surface area contributed by atoms with Crippen molar-refractivity contribution in [3.05, 3.63) is 50.4 Å². The number of pyridine rings is 1. The molecule has 0 aromatic carbocycles. The number of hydrogen-bond acceptors (Lipinski definition) is 3. The van der Waals surface area contributed by atoms with E-state index in [2.05, 4.69) is 39.3 Å². The summed E-state index contributed by atoms with van der Waals surface area (Å²) in [4.78, 5) is 5.59. The molecule has 0 saturated carbocycles. The number of rotatable bonds is 3. The lowest BCUT2D eigenvalue weighted by Crippen LogP contribution is -2.14. The van der Waals surface area contributed by atoms with Crippen molar-refractivity contribution < 1.29 is 0 Å². The highest BCUT2D eigenvalue weighted by molar-refractivity contribution is 9.10. The molecule has 2 heterocycles. The topological polar surface area (TPSA) is 38.9 Å². The minimum atomic E-state index is -0.0227. The summed E-state index contributed by atoms with van der Waals surface area (Å²) in [6.45, 7) is 2.06. The normalized spacial score (nSPS) is 12.7. The molecule has 0 aliphatic rings. The van der Waals surface area contributed by atoms with Gasteiger partial charge < -0.3 is 5.73 Å². The van der Waals surface area contributed by atoms with Crippen LogP contribution in [0.5, 0.6) is 0 Å². The molecule has 0 saturated heterocycles. The van der Waals surface area contributed by atoms with E-state index in [1.807, 2.05) is 18.3 Å². The number of hydrogen-bond donors (Lipinski definition) is 1. The molecule has 84 valence electrons. The van der Waals surface area contributed by atoms with Crippen molar-refractivity contribution in [2.45, 2.75) is 19.4 Å². The zero-order valence-electron chi connectivity index (χ0n) is 8.98. The van der Waals surface area contributed by atoms with Gasteiger partial charge >= 0.3 is 0 Å². The van der Waals surface area contributed by atoms with Gasteiger partial charge in [-0.2, -0.15) is 0 Å². The molecule has 2 nitrogen and oxygen atoms in total. The Bertz CT molecular complexity index is 481. The maximum Gasteiger partial charge on any atom is 0.0577 e. The van der Waals surface area contributed by atoms with E-state index in [4.69, 9.17) is 5.73 Å². The monoisotopic (exact) mass is 296 g/mol. The smallest absolute Gasteiger partial charge is 0.0577 e. The van der Waals surface area contributed by atoms with Crippen LogP contribution in [-0.4, -0.2) is 4.98 Å². The minimum absolute atomic E-state index is 0.0227. The average Bonchev–Trinajstić information content (AvgIpc) is 2.64. The second kappa shape index (κ2) is 5.08. The van der Waals surface area contributed by atoms with E-state index in [1.54, 1.807) is 11.3 Å². The molecule has 0 aliphatic carbocycles. The van der Waals surface area contributed by atoms with Crippen molar-refractivity contribution in [2.75, 3.05) is 0 Å². The zero-order chi connectivity index (χ0) is 11.5. The van der Waals surface area contributed by atoms with E-state index >= 15 is 0 Å². The van der Waals surface area contributed by atoms with Gasteiger partial charge in [0.15, 0.2) is 0 Å². The molecule has 2 N–H and O–H groups in total. The number of aromatic nitrogens is 1. The standard InChI is InChI=1S/C12H13BrN2S/c1-8-2-3-15-12(4-8)11(14)6-10-5-9(13)7-16-10/h2-5,7,11H,6,14H2,1H3. The van der Waals surface area contributed by atoms with Gasteiger partial charge in [-0.25, -0.2) is 0 Å². The number of nitrogens with zero attached hydrogens (tertiary/aromatic N) is 1. The van der Waals surface area contributed by atoms with Crippen LogP contribution >= 0.6 is 27.3 Å². The summed E-state index contributed by atoms with van der Waals surface area (Å²) in [6.07, 6.45) is 2.65. The van der Waals surface area contributed by atoms with Crippen LogP contribution < -0.4 is 5.73 Å². The molecular weight excluding hydrogens is 284 g/mol. The lowest BCUT2D eigenvalue weighted by Gasteiger charge is -2.10. The van der Waals surface area contributed by atoms with Crippen molar-refractivity contribution in [2.24, 2.45) is 5.73 Å². The van der Waals surface area contributed by atoms with Gasteiger partial charge in [0, 0.05) is 27.3 Å². The van der Waals surface area contributed by atoms with E-state index in [-0.39, 0.29) is 6.04 Å². The first-order chi connectivity index (χ1) is 7.65.